The second-order valence-electron chi connectivity index (χ2n) is 3.30. The number of aliphatic hydroxyl groups is 1. The molecule has 0 heterocycles. The first-order valence-electron chi connectivity index (χ1n) is 4.62. The van der Waals surface area contributed by atoms with Gasteiger partial charge in [0.1, 0.15) is 0 Å². The number of nitrogens with one attached hydrogen (secondary N) is 1. The van der Waals surface area contributed by atoms with Gasteiger partial charge in [-0.3, -0.25) is 0 Å². The van der Waals surface area contributed by atoms with Crippen LogP contribution in [0.5, 0.6) is 0 Å². The van der Waals surface area contributed by atoms with Crippen LogP contribution in [0, 0.1) is 0 Å². The molecule has 0 radical (unpaired) electrons. The molecule has 0 bridgehead atoms. The van der Waals surface area contributed by atoms with Gasteiger partial charge in [-0.05, 0) is 19.9 Å². The van der Waals surface area contributed by atoms with Gasteiger partial charge >= 0.3 is 0 Å². The average molecular weight is 175 g/mol. The molecule has 0 spiro atoms. The minimum absolute atomic E-state index is 0.113. The lowest BCUT2D eigenvalue weighted by atomic mass is 10.2. The molecule has 0 aliphatic carbocycles. The summed E-state index contributed by atoms with van der Waals surface area (Å²) in [5.41, 5.74) is 0. The predicted octanol–water partition coefficient (Wildman–Crippen LogP) is 0.772. The van der Waals surface area contributed by atoms with Crippen LogP contribution in [0.15, 0.2) is 0 Å². The molecule has 3 nitrogen and oxygen atoms in total. The van der Waals surface area contributed by atoms with Gasteiger partial charge in [-0.2, -0.15) is 0 Å². The Hall–Kier alpha value is -0.120. The Labute approximate surface area is 75.1 Å². The summed E-state index contributed by atoms with van der Waals surface area (Å²) in [4.78, 5) is 0. The monoisotopic (exact) mass is 175 g/mol. The highest BCUT2D eigenvalue weighted by molar-refractivity contribution is 4.57. The quantitative estimate of drug-likeness (QED) is 0.600. The topological polar surface area (TPSA) is 41.5 Å². The Morgan fingerprint density at radius 3 is 2.50 bits per heavy atom. The Balaban J connectivity index is 3.13. The van der Waals surface area contributed by atoms with Crippen LogP contribution in [-0.4, -0.2) is 37.0 Å². The summed E-state index contributed by atoms with van der Waals surface area (Å²) in [6.07, 6.45) is 1.24. The van der Waals surface area contributed by atoms with Crippen LogP contribution >= 0.6 is 0 Å². The molecule has 1 unspecified atom stereocenters. The molecule has 0 aliphatic heterocycles. The normalized spacial score (nSPS) is 13.8. The fourth-order valence-electron chi connectivity index (χ4n) is 0.912. The van der Waals surface area contributed by atoms with Gasteiger partial charge in [0.05, 0.1) is 19.3 Å². The van der Waals surface area contributed by atoms with Crippen molar-refractivity contribution < 1.29 is 9.84 Å². The van der Waals surface area contributed by atoms with Gasteiger partial charge in [0, 0.05) is 6.04 Å². The molecule has 0 aromatic carbocycles. The van der Waals surface area contributed by atoms with Crippen LogP contribution in [0.1, 0.15) is 27.2 Å². The minimum atomic E-state index is 0.113. The highest BCUT2D eigenvalue weighted by Crippen LogP contribution is 1.95. The van der Waals surface area contributed by atoms with Crippen LogP contribution in [0.3, 0.4) is 0 Å². The van der Waals surface area contributed by atoms with E-state index < -0.39 is 0 Å². The van der Waals surface area contributed by atoms with E-state index in [1.807, 2.05) is 6.92 Å². The number of hydrogen-bond acceptors (Lipinski definition) is 3. The lowest BCUT2D eigenvalue weighted by Gasteiger charge is -2.13. The summed E-state index contributed by atoms with van der Waals surface area (Å²) in [5, 5.41) is 11.8. The molecule has 0 amide bonds. The van der Waals surface area contributed by atoms with E-state index in [0.29, 0.717) is 12.6 Å². The molecule has 0 fully saturated rings. The molecule has 12 heavy (non-hydrogen) atoms. The van der Waals surface area contributed by atoms with Crippen LogP contribution in [0.2, 0.25) is 0 Å². The zero-order valence-corrected chi connectivity index (χ0v) is 8.34. The smallest absolute Gasteiger partial charge is 0.0701 e. The summed E-state index contributed by atoms with van der Waals surface area (Å²) in [7, 11) is 0. The van der Waals surface area contributed by atoms with E-state index in [1.165, 1.54) is 0 Å². The third-order valence-electron chi connectivity index (χ3n) is 1.60. The highest BCUT2D eigenvalue weighted by atomic mass is 16.5. The largest absolute Gasteiger partial charge is 0.394 e. The van der Waals surface area contributed by atoms with Crippen LogP contribution in [0.4, 0.5) is 0 Å². The summed E-state index contributed by atoms with van der Waals surface area (Å²) < 4.78 is 5.28. The predicted molar refractivity (Wildman–Crippen MR) is 50.3 cm³/mol. The maximum absolute atomic E-state index is 8.49. The second kappa shape index (κ2) is 7.53. The third kappa shape index (κ3) is 7.98. The first-order chi connectivity index (χ1) is 5.66. The molecule has 1 atom stereocenters. The molecule has 0 saturated carbocycles. The molecule has 74 valence electrons. The van der Waals surface area contributed by atoms with E-state index in [4.69, 9.17) is 9.84 Å². The molecule has 0 aliphatic rings. The van der Waals surface area contributed by atoms with Gasteiger partial charge in [0.2, 0.25) is 0 Å². The van der Waals surface area contributed by atoms with Gasteiger partial charge in [-0.1, -0.05) is 13.8 Å². The van der Waals surface area contributed by atoms with Crippen molar-refractivity contribution in [1.82, 2.24) is 5.32 Å². The number of ether oxygens (including phenoxy) is 1. The summed E-state index contributed by atoms with van der Waals surface area (Å²) in [6, 6.07) is 0.537. The molecular weight excluding hydrogens is 154 g/mol. The van der Waals surface area contributed by atoms with E-state index in [1.54, 1.807) is 0 Å². The maximum atomic E-state index is 8.49. The van der Waals surface area contributed by atoms with E-state index in [2.05, 4.69) is 19.2 Å². The Kier molecular flexibility index (Phi) is 7.45. The molecule has 0 aromatic rings. The van der Waals surface area contributed by atoms with Crippen molar-refractivity contribution in [3.05, 3.63) is 0 Å². The highest BCUT2D eigenvalue weighted by Gasteiger charge is 2.01. The summed E-state index contributed by atoms with van der Waals surface area (Å²) >= 11 is 0. The summed E-state index contributed by atoms with van der Waals surface area (Å²) in [6.45, 7) is 7.81. The van der Waals surface area contributed by atoms with E-state index >= 15 is 0 Å². The van der Waals surface area contributed by atoms with Crippen molar-refractivity contribution in [2.45, 2.75) is 39.3 Å². The minimum Gasteiger partial charge on any atom is -0.394 e. The van der Waals surface area contributed by atoms with Crippen molar-refractivity contribution in [3.63, 3.8) is 0 Å². The fraction of sp³-hybridized carbons (Fsp3) is 1.00. The number of rotatable bonds is 7. The molecule has 0 rings (SSSR count). The third-order valence-corrected chi connectivity index (χ3v) is 1.60. The average Bonchev–Trinajstić information content (AvgIpc) is 2.00. The number of aliphatic hydroxyl groups excluding tert-OH is 1. The molecule has 0 saturated heterocycles. The van der Waals surface area contributed by atoms with Gasteiger partial charge in [0.25, 0.3) is 0 Å². The van der Waals surface area contributed by atoms with E-state index in [9.17, 15) is 0 Å². The van der Waals surface area contributed by atoms with E-state index in [0.717, 1.165) is 13.0 Å². The van der Waals surface area contributed by atoms with Crippen molar-refractivity contribution in [3.8, 4) is 0 Å². The molecule has 3 heteroatoms. The van der Waals surface area contributed by atoms with Crippen molar-refractivity contribution in [1.29, 1.82) is 0 Å². The maximum Gasteiger partial charge on any atom is 0.0701 e. The van der Waals surface area contributed by atoms with Crippen LogP contribution in [-0.2, 0) is 4.74 Å². The van der Waals surface area contributed by atoms with Gasteiger partial charge in [-0.25, -0.2) is 0 Å². The molecule has 2 N–H and O–H groups in total. The van der Waals surface area contributed by atoms with Crippen LogP contribution < -0.4 is 5.32 Å². The van der Waals surface area contributed by atoms with Gasteiger partial charge in [0.15, 0.2) is 0 Å². The zero-order valence-electron chi connectivity index (χ0n) is 8.34. The molecular formula is C9H21NO2. The van der Waals surface area contributed by atoms with Crippen LogP contribution in [0.25, 0.3) is 0 Å². The fourth-order valence-corrected chi connectivity index (χ4v) is 0.912. The standard InChI is InChI=1S/C9H21NO2/c1-8(2)10-5-4-9(3)12-7-6-11/h8-11H,4-7H2,1-3H3. The lowest BCUT2D eigenvalue weighted by Crippen LogP contribution is -2.27. The van der Waals surface area contributed by atoms with Gasteiger partial charge in [-0.15, -0.1) is 0 Å². The first-order valence-corrected chi connectivity index (χ1v) is 4.62. The Morgan fingerprint density at radius 1 is 1.33 bits per heavy atom. The molecule has 0 aromatic heterocycles. The Morgan fingerprint density at radius 2 is 2.00 bits per heavy atom. The van der Waals surface area contributed by atoms with Crippen molar-refractivity contribution in [2.75, 3.05) is 19.8 Å². The number of hydrogen-bond donors (Lipinski definition) is 2. The van der Waals surface area contributed by atoms with Gasteiger partial charge < -0.3 is 15.2 Å². The lowest BCUT2D eigenvalue weighted by molar-refractivity contribution is 0.0347. The second-order valence-corrected chi connectivity index (χ2v) is 3.30. The van der Waals surface area contributed by atoms with E-state index in [-0.39, 0.29) is 12.7 Å². The van der Waals surface area contributed by atoms with Crippen molar-refractivity contribution >= 4 is 0 Å². The Bertz CT molecular complexity index is 96.5. The SMILES string of the molecule is CC(C)NCCC(C)OCCO. The van der Waals surface area contributed by atoms with Crippen molar-refractivity contribution in [2.24, 2.45) is 0 Å². The summed E-state index contributed by atoms with van der Waals surface area (Å²) in [5.74, 6) is 0. The zero-order chi connectivity index (χ0) is 9.40. The first kappa shape index (κ1) is 11.9.